The molecule has 0 amide bonds. The fourth-order valence-electron chi connectivity index (χ4n) is 1.58. The number of ether oxygens (including phenoxy) is 1. The molecule has 1 aromatic rings. The van der Waals surface area contributed by atoms with E-state index in [4.69, 9.17) is 0 Å². The largest absolute Gasteiger partial charge is 0.468 e. The normalized spacial score (nSPS) is 12.9. The van der Waals surface area contributed by atoms with Gasteiger partial charge in [0.15, 0.2) is 0 Å². The zero-order valence-electron chi connectivity index (χ0n) is 11.8. The van der Waals surface area contributed by atoms with Crippen LogP contribution in [-0.2, 0) is 19.6 Å². The van der Waals surface area contributed by atoms with Gasteiger partial charge in [0.1, 0.15) is 6.04 Å². The second-order valence-electron chi connectivity index (χ2n) is 4.29. The number of thioether (sulfide) groups is 1. The Kier molecular flexibility index (Phi) is 6.51. The highest BCUT2D eigenvalue weighted by atomic mass is 32.2. The van der Waals surface area contributed by atoms with Crippen LogP contribution in [0.15, 0.2) is 29.2 Å². The molecule has 0 bridgehead atoms. The zero-order chi connectivity index (χ0) is 15.2. The quantitative estimate of drug-likeness (QED) is 0.773. The summed E-state index contributed by atoms with van der Waals surface area (Å²) in [6.45, 7) is 1.87. The van der Waals surface area contributed by atoms with Crippen molar-refractivity contribution in [1.29, 1.82) is 0 Å². The lowest BCUT2D eigenvalue weighted by molar-refractivity contribution is -0.142. The highest BCUT2D eigenvalue weighted by Gasteiger charge is 2.25. The molecule has 112 valence electrons. The molecule has 0 aromatic heterocycles. The summed E-state index contributed by atoms with van der Waals surface area (Å²) in [6.07, 6.45) is 2.28. The van der Waals surface area contributed by atoms with Crippen LogP contribution in [0.3, 0.4) is 0 Å². The monoisotopic (exact) mass is 317 g/mol. The number of hydrogen-bond donors (Lipinski definition) is 1. The summed E-state index contributed by atoms with van der Waals surface area (Å²) in [4.78, 5) is 11.8. The Bertz CT molecular complexity index is 540. The fourth-order valence-corrected chi connectivity index (χ4v) is 3.27. The van der Waals surface area contributed by atoms with Gasteiger partial charge in [-0.1, -0.05) is 17.7 Å². The van der Waals surface area contributed by atoms with Crippen LogP contribution >= 0.6 is 11.8 Å². The van der Waals surface area contributed by atoms with Crippen LogP contribution < -0.4 is 4.72 Å². The maximum Gasteiger partial charge on any atom is 0.323 e. The summed E-state index contributed by atoms with van der Waals surface area (Å²) in [5.74, 6) is 0.0886. The van der Waals surface area contributed by atoms with E-state index >= 15 is 0 Å². The molecule has 5 nitrogen and oxygen atoms in total. The first-order chi connectivity index (χ1) is 9.40. The molecule has 1 N–H and O–H groups in total. The summed E-state index contributed by atoms with van der Waals surface area (Å²) in [5.41, 5.74) is 0.968. The number of carbonyl (C=O) groups is 1. The second-order valence-corrected chi connectivity index (χ2v) is 6.99. The molecule has 1 aromatic carbocycles. The maximum atomic E-state index is 12.2. The van der Waals surface area contributed by atoms with Crippen LogP contribution in [0.25, 0.3) is 0 Å². The lowest BCUT2D eigenvalue weighted by atomic mass is 10.2. The first-order valence-electron chi connectivity index (χ1n) is 6.06. The number of methoxy groups -OCH3 is 1. The molecule has 0 spiro atoms. The Balaban J connectivity index is 2.90. The summed E-state index contributed by atoms with van der Waals surface area (Å²) < 4.78 is 31.5. The predicted octanol–water partition coefficient (Wildman–Crippen LogP) is 1.57. The minimum absolute atomic E-state index is 0.140. The summed E-state index contributed by atoms with van der Waals surface area (Å²) in [5, 5.41) is 0. The Labute approximate surface area is 124 Å². The molecule has 0 radical (unpaired) electrons. The third-order valence-corrected chi connectivity index (χ3v) is 4.86. The van der Waals surface area contributed by atoms with E-state index in [2.05, 4.69) is 9.46 Å². The van der Waals surface area contributed by atoms with Crippen molar-refractivity contribution in [2.45, 2.75) is 24.3 Å². The maximum absolute atomic E-state index is 12.2. The van der Waals surface area contributed by atoms with Gasteiger partial charge in [-0.05, 0) is 37.5 Å². The van der Waals surface area contributed by atoms with E-state index in [-0.39, 0.29) is 4.90 Å². The number of esters is 1. The number of aryl methyl sites for hydroxylation is 1. The van der Waals surface area contributed by atoms with E-state index in [9.17, 15) is 13.2 Å². The number of hydrogen-bond acceptors (Lipinski definition) is 5. The van der Waals surface area contributed by atoms with Crippen LogP contribution in [0.1, 0.15) is 12.0 Å². The van der Waals surface area contributed by atoms with E-state index in [0.717, 1.165) is 5.56 Å². The van der Waals surface area contributed by atoms with E-state index in [0.29, 0.717) is 12.2 Å². The molecule has 0 aliphatic carbocycles. The molecule has 0 unspecified atom stereocenters. The number of carbonyl (C=O) groups excluding carboxylic acids is 1. The Hall–Kier alpha value is -1.05. The van der Waals surface area contributed by atoms with Crippen molar-refractivity contribution < 1.29 is 17.9 Å². The summed E-state index contributed by atoms with van der Waals surface area (Å²) >= 11 is 1.54. The highest BCUT2D eigenvalue weighted by molar-refractivity contribution is 7.98. The van der Waals surface area contributed by atoms with E-state index in [1.54, 1.807) is 12.1 Å². The zero-order valence-corrected chi connectivity index (χ0v) is 13.4. The van der Waals surface area contributed by atoms with Crippen molar-refractivity contribution in [1.82, 2.24) is 4.72 Å². The first-order valence-corrected chi connectivity index (χ1v) is 8.94. The van der Waals surface area contributed by atoms with Crippen molar-refractivity contribution in [3.63, 3.8) is 0 Å². The third kappa shape index (κ3) is 4.81. The highest BCUT2D eigenvalue weighted by Crippen LogP contribution is 2.12. The summed E-state index contributed by atoms with van der Waals surface area (Å²) in [6, 6.07) is 5.59. The number of benzene rings is 1. The van der Waals surface area contributed by atoms with E-state index < -0.39 is 22.0 Å². The Morgan fingerprint density at radius 3 is 2.45 bits per heavy atom. The Morgan fingerprint density at radius 2 is 1.95 bits per heavy atom. The molecule has 1 atom stereocenters. The molecular weight excluding hydrogens is 298 g/mol. The predicted molar refractivity (Wildman–Crippen MR) is 80.3 cm³/mol. The van der Waals surface area contributed by atoms with Gasteiger partial charge in [-0.2, -0.15) is 16.5 Å². The fraction of sp³-hybridized carbons (Fsp3) is 0.462. The van der Waals surface area contributed by atoms with Gasteiger partial charge in [0.2, 0.25) is 10.0 Å². The molecule has 0 saturated carbocycles. The van der Waals surface area contributed by atoms with Gasteiger partial charge in [-0.3, -0.25) is 4.79 Å². The lowest BCUT2D eigenvalue weighted by Crippen LogP contribution is -2.41. The van der Waals surface area contributed by atoms with Gasteiger partial charge in [0, 0.05) is 0 Å². The van der Waals surface area contributed by atoms with E-state index in [1.807, 2.05) is 13.2 Å². The van der Waals surface area contributed by atoms with Crippen LogP contribution in [0.5, 0.6) is 0 Å². The molecule has 0 aliphatic rings. The van der Waals surface area contributed by atoms with Crippen LogP contribution in [0, 0.1) is 6.92 Å². The first kappa shape index (κ1) is 17.0. The van der Waals surface area contributed by atoms with Crippen LogP contribution in [0.4, 0.5) is 0 Å². The van der Waals surface area contributed by atoms with Crippen molar-refractivity contribution in [2.75, 3.05) is 19.1 Å². The smallest absolute Gasteiger partial charge is 0.323 e. The molecule has 0 aliphatic heterocycles. The standard InChI is InChI=1S/C13H19NO4S2/c1-10-4-6-11(7-5-10)20(16,17)14-12(8-9-19-3)13(15)18-2/h4-7,12,14H,8-9H2,1-3H3/t12-/m0/s1. The van der Waals surface area contributed by atoms with Crippen molar-refractivity contribution in [3.05, 3.63) is 29.8 Å². The lowest BCUT2D eigenvalue weighted by Gasteiger charge is -2.16. The SMILES string of the molecule is COC(=O)[C@H](CCSC)NS(=O)(=O)c1ccc(C)cc1. The van der Waals surface area contributed by atoms with Crippen molar-refractivity contribution in [2.24, 2.45) is 0 Å². The number of sulfonamides is 1. The van der Waals surface area contributed by atoms with Crippen LogP contribution in [0.2, 0.25) is 0 Å². The third-order valence-electron chi connectivity index (χ3n) is 2.73. The van der Waals surface area contributed by atoms with Crippen LogP contribution in [-0.4, -0.2) is 39.5 Å². The van der Waals surface area contributed by atoms with Gasteiger partial charge < -0.3 is 4.74 Å². The van der Waals surface area contributed by atoms with Gasteiger partial charge >= 0.3 is 5.97 Å². The van der Waals surface area contributed by atoms with Crippen molar-refractivity contribution in [3.8, 4) is 0 Å². The second kappa shape index (κ2) is 7.66. The topological polar surface area (TPSA) is 72.5 Å². The molecule has 0 saturated heterocycles. The van der Waals surface area contributed by atoms with Gasteiger partial charge in [0.25, 0.3) is 0 Å². The number of rotatable bonds is 7. The average molecular weight is 317 g/mol. The minimum Gasteiger partial charge on any atom is -0.468 e. The minimum atomic E-state index is -3.72. The Morgan fingerprint density at radius 1 is 1.35 bits per heavy atom. The molecule has 20 heavy (non-hydrogen) atoms. The number of nitrogens with one attached hydrogen (secondary N) is 1. The molecular formula is C13H19NO4S2. The van der Waals surface area contributed by atoms with Gasteiger partial charge in [-0.15, -0.1) is 0 Å². The van der Waals surface area contributed by atoms with Gasteiger partial charge in [-0.25, -0.2) is 8.42 Å². The van der Waals surface area contributed by atoms with E-state index in [1.165, 1.54) is 31.0 Å². The van der Waals surface area contributed by atoms with Gasteiger partial charge in [0.05, 0.1) is 12.0 Å². The molecule has 7 heteroatoms. The molecule has 0 fully saturated rings. The summed E-state index contributed by atoms with van der Waals surface area (Å²) in [7, 11) is -2.48. The average Bonchev–Trinajstić information content (AvgIpc) is 2.43. The van der Waals surface area contributed by atoms with Crippen molar-refractivity contribution >= 4 is 27.8 Å². The molecule has 1 rings (SSSR count). The molecule has 0 heterocycles.